The summed E-state index contributed by atoms with van der Waals surface area (Å²) in [6.07, 6.45) is 2.81. The normalized spacial score (nSPS) is 22.7. The highest BCUT2D eigenvalue weighted by atomic mass is 16.5. The van der Waals surface area contributed by atoms with Gasteiger partial charge in [-0.15, -0.1) is 0 Å². The Morgan fingerprint density at radius 1 is 1.60 bits per heavy atom. The van der Waals surface area contributed by atoms with Crippen molar-refractivity contribution in [2.75, 3.05) is 33.4 Å². The Morgan fingerprint density at radius 3 is 3.07 bits per heavy atom. The summed E-state index contributed by atoms with van der Waals surface area (Å²) in [5.41, 5.74) is 0. The number of unbranched alkanes of at least 4 members (excludes halogenated alkanes) is 1. The molecule has 0 aromatic rings. The number of rotatable bonds is 5. The van der Waals surface area contributed by atoms with Gasteiger partial charge in [0.15, 0.2) is 0 Å². The van der Waals surface area contributed by atoms with Crippen LogP contribution < -0.4 is 0 Å². The van der Waals surface area contributed by atoms with E-state index in [1.807, 2.05) is 0 Å². The fraction of sp³-hybridized carbons (Fsp3) is 0.909. The molecule has 0 aromatic carbocycles. The van der Waals surface area contributed by atoms with Gasteiger partial charge in [0, 0.05) is 13.1 Å². The van der Waals surface area contributed by atoms with Gasteiger partial charge in [0.25, 0.3) is 0 Å². The molecule has 1 aliphatic rings. The zero-order valence-corrected chi connectivity index (χ0v) is 9.70. The van der Waals surface area contributed by atoms with Gasteiger partial charge in [-0.2, -0.15) is 0 Å². The van der Waals surface area contributed by atoms with Crippen LogP contribution in [0.25, 0.3) is 0 Å². The maximum atomic E-state index is 11.1. The first-order valence-electron chi connectivity index (χ1n) is 5.67. The predicted molar refractivity (Wildman–Crippen MR) is 57.7 cm³/mol. The van der Waals surface area contributed by atoms with E-state index in [4.69, 9.17) is 4.74 Å². The smallest absolute Gasteiger partial charge is 0.308 e. The van der Waals surface area contributed by atoms with E-state index in [1.165, 1.54) is 20.0 Å². The molecule has 0 spiro atoms. The number of methoxy groups -OCH3 is 1. The standard InChI is InChI=1S/C11H21NO3/c1-3-4-5-12-6-7-15-10(9-12)8-11(13)14-2/h10H,3-9H2,1-2H3. The number of morpholine rings is 1. The lowest BCUT2D eigenvalue weighted by Gasteiger charge is -2.32. The minimum absolute atomic E-state index is 0.0167. The van der Waals surface area contributed by atoms with Crippen LogP contribution in [0, 0.1) is 0 Å². The summed E-state index contributed by atoms with van der Waals surface area (Å²) in [4.78, 5) is 13.4. The molecule has 0 aromatic heterocycles. The van der Waals surface area contributed by atoms with Crippen molar-refractivity contribution in [2.45, 2.75) is 32.3 Å². The minimum atomic E-state index is -0.183. The second-order valence-corrected chi connectivity index (χ2v) is 3.93. The van der Waals surface area contributed by atoms with Crippen LogP contribution >= 0.6 is 0 Å². The van der Waals surface area contributed by atoms with Crippen molar-refractivity contribution in [2.24, 2.45) is 0 Å². The minimum Gasteiger partial charge on any atom is -0.469 e. The molecule has 1 unspecified atom stereocenters. The molecule has 0 radical (unpaired) electrons. The molecule has 88 valence electrons. The maximum Gasteiger partial charge on any atom is 0.308 e. The van der Waals surface area contributed by atoms with E-state index < -0.39 is 0 Å². The second-order valence-electron chi connectivity index (χ2n) is 3.93. The Bertz CT molecular complexity index is 196. The molecule has 4 heteroatoms. The first kappa shape index (κ1) is 12.5. The number of carbonyl (C=O) groups is 1. The third kappa shape index (κ3) is 4.62. The average molecular weight is 215 g/mol. The zero-order valence-electron chi connectivity index (χ0n) is 9.70. The monoisotopic (exact) mass is 215 g/mol. The van der Waals surface area contributed by atoms with Crippen molar-refractivity contribution >= 4 is 5.97 Å². The third-order valence-electron chi connectivity index (χ3n) is 2.67. The molecule has 1 fully saturated rings. The number of ether oxygens (including phenoxy) is 2. The van der Waals surface area contributed by atoms with Crippen molar-refractivity contribution in [3.8, 4) is 0 Å². The van der Waals surface area contributed by atoms with Crippen molar-refractivity contribution in [1.82, 2.24) is 4.90 Å². The van der Waals surface area contributed by atoms with Crippen LogP contribution in [0.15, 0.2) is 0 Å². The van der Waals surface area contributed by atoms with Crippen LogP contribution in [0.5, 0.6) is 0 Å². The van der Waals surface area contributed by atoms with E-state index in [9.17, 15) is 4.79 Å². The SMILES string of the molecule is CCCCN1CCOC(CC(=O)OC)C1. The highest BCUT2D eigenvalue weighted by molar-refractivity contribution is 5.69. The second kappa shape index (κ2) is 6.80. The van der Waals surface area contributed by atoms with E-state index in [2.05, 4.69) is 16.6 Å². The summed E-state index contributed by atoms with van der Waals surface area (Å²) >= 11 is 0. The van der Waals surface area contributed by atoms with Gasteiger partial charge in [-0.3, -0.25) is 9.69 Å². The molecule has 4 nitrogen and oxygen atoms in total. The molecule has 0 amide bonds. The van der Waals surface area contributed by atoms with Gasteiger partial charge in [0.2, 0.25) is 0 Å². The Labute approximate surface area is 91.5 Å². The van der Waals surface area contributed by atoms with Crippen LogP contribution in [0.3, 0.4) is 0 Å². The first-order chi connectivity index (χ1) is 7.26. The van der Waals surface area contributed by atoms with E-state index in [1.54, 1.807) is 0 Å². The summed E-state index contributed by atoms with van der Waals surface area (Å²) in [6, 6.07) is 0. The summed E-state index contributed by atoms with van der Waals surface area (Å²) in [7, 11) is 1.42. The van der Waals surface area contributed by atoms with Crippen molar-refractivity contribution in [3.63, 3.8) is 0 Å². The Hall–Kier alpha value is -0.610. The van der Waals surface area contributed by atoms with Gasteiger partial charge >= 0.3 is 5.97 Å². The predicted octanol–water partition coefficient (Wildman–Crippen LogP) is 1.05. The van der Waals surface area contributed by atoms with E-state index in [0.29, 0.717) is 6.42 Å². The highest BCUT2D eigenvalue weighted by Crippen LogP contribution is 2.10. The quantitative estimate of drug-likeness (QED) is 0.643. The molecular formula is C11H21NO3. The number of hydrogen-bond acceptors (Lipinski definition) is 4. The van der Waals surface area contributed by atoms with Crippen LogP contribution in [-0.4, -0.2) is 50.3 Å². The summed E-state index contributed by atoms with van der Waals surface area (Å²) < 4.78 is 10.2. The molecule has 1 atom stereocenters. The lowest BCUT2D eigenvalue weighted by molar-refractivity contribution is -0.145. The highest BCUT2D eigenvalue weighted by Gasteiger charge is 2.22. The third-order valence-corrected chi connectivity index (χ3v) is 2.67. The van der Waals surface area contributed by atoms with Crippen LogP contribution in [0.4, 0.5) is 0 Å². The zero-order chi connectivity index (χ0) is 11.1. The topological polar surface area (TPSA) is 38.8 Å². The van der Waals surface area contributed by atoms with Crippen molar-refractivity contribution in [3.05, 3.63) is 0 Å². The van der Waals surface area contributed by atoms with Crippen LogP contribution in [-0.2, 0) is 14.3 Å². The van der Waals surface area contributed by atoms with Gasteiger partial charge in [0.1, 0.15) is 0 Å². The first-order valence-corrected chi connectivity index (χ1v) is 5.67. The Kier molecular flexibility index (Phi) is 5.65. The summed E-state index contributed by atoms with van der Waals surface area (Å²) in [5, 5.41) is 0. The molecule has 0 N–H and O–H groups in total. The van der Waals surface area contributed by atoms with Crippen molar-refractivity contribution in [1.29, 1.82) is 0 Å². The van der Waals surface area contributed by atoms with Gasteiger partial charge in [-0.1, -0.05) is 13.3 Å². The average Bonchev–Trinajstić information content (AvgIpc) is 2.26. The molecule has 1 aliphatic heterocycles. The summed E-state index contributed by atoms with van der Waals surface area (Å²) in [5.74, 6) is -0.183. The molecular weight excluding hydrogens is 194 g/mol. The number of esters is 1. The van der Waals surface area contributed by atoms with Gasteiger partial charge in [-0.05, 0) is 13.0 Å². The van der Waals surface area contributed by atoms with Gasteiger partial charge < -0.3 is 9.47 Å². The molecule has 15 heavy (non-hydrogen) atoms. The Balaban J connectivity index is 2.25. The lowest BCUT2D eigenvalue weighted by atomic mass is 10.2. The van der Waals surface area contributed by atoms with Crippen LogP contribution in [0.1, 0.15) is 26.2 Å². The van der Waals surface area contributed by atoms with Crippen molar-refractivity contribution < 1.29 is 14.3 Å². The van der Waals surface area contributed by atoms with E-state index >= 15 is 0 Å². The molecule has 0 saturated carbocycles. The Morgan fingerprint density at radius 2 is 2.40 bits per heavy atom. The number of nitrogens with zero attached hydrogens (tertiary/aromatic N) is 1. The van der Waals surface area contributed by atoms with E-state index in [-0.39, 0.29) is 12.1 Å². The molecule has 0 aliphatic carbocycles. The maximum absolute atomic E-state index is 11.1. The largest absolute Gasteiger partial charge is 0.469 e. The lowest BCUT2D eigenvalue weighted by Crippen LogP contribution is -2.43. The fourth-order valence-electron chi connectivity index (χ4n) is 1.76. The number of hydrogen-bond donors (Lipinski definition) is 0. The van der Waals surface area contributed by atoms with E-state index in [0.717, 1.165) is 26.2 Å². The molecule has 1 rings (SSSR count). The van der Waals surface area contributed by atoms with Gasteiger partial charge in [0.05, 0.1) is 26.2 Å². The van der Waals surface area contributed by atoms with Crippen LogP contribution in [0.2, 0.25) is 0 Å². The van der Waals surface area contributed by atoms with Gasteiger partial charge in [-0.25, -0.2) is 0 Å². The fourth-order valence-corrected chi connectivity index (χ4v) is 1.76. The number of carbonyl (C=O) groups excluding carboxylic acids is 1. The summed E-state index contributed by atoms with van der Waals surface area (Å²) in [6.45, 7) is 5.86. The molecule has 1 saturated heterocycles. The molecule has 1 heterocycles. The molecule has 0 bridgehead atoms.